The molecule has 0 aromatic heterocycles. The number of methoxy groups -OCH3 is 3. The number of piperidine rings is 1. The molecule has 1 aliphatic rings. The van der Waals surface area contributed by atoms with Gasteiger partial charge in [0.25, 0.3) is 0 Å². The van der Waals surface area contributed by atoms with Gasteiger partial charge in [-0.1, -0.05) is 24.3 Å². The molecule has 2 aromatic rings. The first-order valence-electron chi connectivity index (χ1n) is 11.0. The van der Waals surface area contributed by atoms with Crippen LogP contribution in [0.2, 0.25) is 0 Å². The van der Waals surface area contributed by atoms with Crippen LogP contribution in [0.3, 0.4) is 0 Å². The second-order valence-corrected chi connectivity index (χ2v) is 8.18. The summed E-state index contributed by atoms with van der Waals surface area (Å²) in [6.45, 7) is 5.97. The zero-order valence-corrected chi connectivity index (χ0v) is 19.0. The van der Waals surface area contributed by atoms with Crippen molar-refractivity contribution >= 4 is 0 Å². The standard InChI is InChI=1S/C25H35FN2O3/c1-29-16-15-28(19-22-24(30-2)9-6-10-25(22)31-3)17-20-11-13-27(14-12-20)18-21-7-4-5-8-23(21)26/h4-10,20H,11-19H2,1-3H3. The maximum absolute atomic E-state index is 14.0. The zero-order chi connectivity index (χ0) is 22.1. The molecule has 31 heavy (non-hydrogen) atoms. The van der Waals surface area contributed by atoms with Crippen molar-refractivity contribution < 1.29 is 18.6 Å². The van der Waals surface area contributed by atoms with Crippen molar-refractivity contribution in [1.29, 1.82) is 0 Å². The molecule has 1 fully saturated rings. The lowest BCUT2D eigenvalue weighted by Gasteiger charge is -2.35. The molecule has 0 saturated carbocycles. The average molecular weight is 431 g/mol. The highest BCUT2D eigenvalue weighted by Gasteiger charge is 2.23. The highest BCUT2D eigenvalue weighted by Crippen LogP contribution is 2.30. The van der Waals surface area contributed by atoms with Crippen LogP contribution >= 0.6 is 0 Å². The Hall–Kier alpha value is -2.15. The molecule has 0 aliphatic carbocycles. The van der Waals surface area contributed by atoms with Gasteiger partial charge in [-0.25, -0.2) is 4.39 Å². The van der Waals surface area contributed by atoms with Crippen molar-refractivity contribution in [3.05, 3.63) is 59.4 Å². The van der Waals surface area contributed by atoms with Gasteiger partial charge >= 0.3 is 0 Å². The molecule has 0 radical (unpaired) electrons. The Balaban J connectivity index is 1.59. The van der Waals surface area contributed by atoms with Gasteiger partial charge in [-0.2, -0.15) is 0 Å². The minimum Gasteiger partial charge on any atom is -0.496 e. The summed E-state index contributed by atoms with van der Waals surface area (Å²) in [6, 6.07) is 13.0. The Labute approximate surface area is 185 Å². The van der Waals surface area contributed by atoms with E-state index in [-0.39, 0.29) is 5.82 Å². The number of hydrogen-bond donors (Lipinski definition) is 0. The van der Waals surface area contributed by atoms with Crippen molar-refractivity contribution in [2.24, 2.45) is 5.92 Å². The number of likely N-dealkylation sites (tertiary alicyclic amines) is 1. The van der Waals surface area contributed by atoms with Crippen molar-refractivity contribution in [2.45, 2.75) is 25.9 Å². The lowest BCUT2D eigenvalue weighted by atomic mass is 9.95. The Bertz CT molecular complexity index is 787. The van der Waals surface area contributed by atoms with E-state index in [0.717, 1.165) is 68.2 Å². The predicted octanol–water partition coefficient (Wildman–Crippen LogP) is 4.20. The number of nitrogens with zero attached hydrogens (tertiary/aromatic N) is 2. The SMILES string of the molecule is COCCN(Cc1c(OC)cccc1OC)CC1CCN(Cc2ccccc2F)CC1. The molecule has 0 amide bonds. The first kappa shape index (κ1) is 23.5. The summed E-state index contributed by atoms with van der Waals surface area (Å²) < 4.78 is 30.5. The quantitative estimate of drug-likeness (QED) is 0.534. The van der Waals surface area contributed by atoms with Gasteiger partial charge in [0, 0.05) is 38.9 Å². The van der Waals surface area contributed by atoms with Crippen LogP contribution in [0.15, 0.2) is 42.5 Å². The summed E-state index contributed by atoms with van der Waals surface area (Å²) in [5, 5.41) is 0. The molecule has 5 nitrogen and oxygen atoms in total. The third-order valence-corrected chi connectivity index (χ3v) is 6.10. The van der Waals surface area contributed by atoms with Gasteiger partial charge in [-0.05, 0) is 50.0 Å². The fourth-order valence-electron chi connectivity index (χ4n) is 4.32. The van der Waals surface area contributed by atoms with E-state index in [4.69, 9.17) is 14.2 Å². The van der Waals surface area contributed by atoms with Gasteiger partial charge in [0.2, 0.25) is 0 Å². The Kier molecular flexibility index (Phi) is 9.13. The topological polar surface area (TPSA) is 34.2 Å². The largest absolute Gasteiger partial charge is 0.496 e. The lowest BCUT2D eigenvalue weighted by Crippen LogP contribution is -2.39. The van der Waals surface area contributed by atoms with E-state index < -0.39 is 0 Å². The highest BCUT2D eigenvalue weighted by atomic mass is 19.1. The number of halogens is 1. The van der Waals surface area contributed by atoms with Crippen molar-refractivity contribution in [3.8, 4) is 11.5 Å². The van der Waals surface area contributed by atoms with Crippen LogP contribution in [0, 0.1) is 11.7 Å². The highest BCUT2D eigenvalue weighted by molar-refractivity contribution is 5.44. The van der Waals surface area contributed by atoms with Crippen molar-refractivity contribution in [1.82, 2.24) is 9.80 Å². The fraction of sp³-hybridized carbons (Fsp3) is 0.520. The summed E-state index contributed by atoms with van der Waals surface area (Å²) in [7, 11) is 5.13. The molecule has 170 valence electrons. The van der Waals surface area contributed by atoms with E-state index in [1.54, 1.807) is 33.5 Å². The van der Waals surface area contributed by atoms with E-state index in [0.29, 0.717) is 19.1 Å². The summed E-state index contributed by atoms with van der Waals surface area (Å²) in [4.78, 5) is 4.79. The van der Waals surface area contributed by atoms with Crippen LogP contribution in [0.4, 0.5) is 4.39 Å². The van der Waals surface area contributed by atoms with Crippen LogP contribution in [-0.4, -0.2) is 63.9 Å². The van der Waals surface area contributed by atoms with Crippen LogP contribution in [0.1, 0.15) is 24.0 Å². The smallest absolute Gasteiger partial charge is 0.127 e. The third-order valence-electron chi connectivity index (χ3n) is 6.10. The molecule has 6 heteroatoms. The van der Waals surface area contributed by atoms with Crippen LogP contribution in [0.25, 0.3) is 0 Å². The Morgan fingerprint density at radius 2 is 1.65 bits per heavy atom. The fourth-order valence-corrected chi connectivity index (χ4v) is 4.32. The maximum atomic E-state index is 14.0. The first-order chi connectivity index (χ1) is 15.1. The number of hydrogen-bond acceptors (Lipinski definition) is 5. The van der Waals surface area contributed by atoms with Crippen LogP contribution in [-0.2, 0) is 17.8 Å². The minimum absolute atomic E-state index is 0.110. The summed E-state index contributed by atoms with van der Waals surface area (Å²) in [6.07, 6.45) is 2.22. The Morgan fingerprint density at radius 3 is 2.26 bits per heavy atom. The number of rotatable bonds is 11. The summed E-state index contributed by atoms with van der Waals surface area (Å²) in [5.74, 6) is 2.19. The Morgan fingerprint density at radius 1 is 0.968 bits per heavy atom. The van der Waals surface area contributed by atoms with Gasteiger partial charge in [0.15, 0.2) is 0 Å². The number of benzene rings is 2. The van der Waals surface area contributed by atoms with Gasteiger partial charge in [0.05, 0.1) is 26.4 Å². The molecule has 1 saturated heterocycles. The second kappa shape index (κ2) is 12.0. The van der Waals surface area contributed by atoms with E-state index in [9.17, 15) is 4.39 Å². The molecule has 0 unspecified atom stereocenters. The van der Waals surface area contributed by atoms with Gasteiger partial charge in [-0.3, -0.25) is 9.80 Å². The van der Waals surface area contributed by atoms with Gasteiger partial charge in [-0.15, -0.1) is 0 Å². The number of ether oxygens (including phenoxy) is 3. The molecule has 2 aromatic carbocycles. The zero-order valence-electron chi connectivity index (χ0n) is 19.0. The van der Waals surface area contributed by atoms with E-state index in [2.05, 4.69) is 9.80 Å². The van der Waals surface area contributed by atoms with E-state index >= 15 is 0 Å². The minimum atomic E-state index is -0.110. The molecule has 0 spiro atoms. The third kappa shape index (κ3) is 6.66. The predicted molar refractivity (Wildman–Crippen MR) is 121 cm³/mol. The second-order valence-electron chi connectivity index (χ2n) is 8.18. The van der Waals surface area contributed by atoms with E-state index in [1.165, 1.54) is 0 Å². The molecule has 3 rings (SSSR count). The average Bonchev–Trinajstić information content (AvgIpc) is 2.80. The van der Waals surface area contributed by atoms with Crippen molar-refractivity contribution in [3.63, 3.8) is 0 Å². The maximum Gasteiger partial charge on any atom is 0.127 e. The summed E-state index contributed by atoms with van der Waals surface area (Å²) in [5.41, 5.74) is 1.85. The van der Waals surface area contributed by atoms with Gasteiger partial charge in [0.1, 0.15) is 17.3 Å². The molecule has 0 atom stereocenters. The van der Waals surface area contributed by atoms with Crippen LogP contribution < -0.4 is 9.47 Å². The molecular formula is C25H35FN2O3. The van der Waals surface area contributed by atoms with Gasteiger partial charge < -0.3 is 14.2 Å². The lowest BCUT2D eigenvalue weighted by molar-refractivity contribution is 0.105. The molecule has 1 aliphatic heterocycles. The molecule has 0 bridgehead atoms. The van der Waals surface area contributed by atoms with Crippen molar-refractivity contribution in [2.75, 3.05) is 54.1 Å². The monoisotopic (exact) mass is 430 g/mol. The van der Waals surface area contributed by atoms with E-state index in [1.807, 2.05) is 30.3 Å². The first-order valence-corrected chi connectivity index (χ1v) is 11.0. The molecule has 0 N–H and O–H groups in total. The molecule has 1 heterocycles. The normalized spacial score (nSPS) is 15.4. The molecular weight excluding hydrogens is 395 g/mol. The summed E-state index contributed by atoms with van der Waals surface area (Å²) >= 11 is 0. The van der Waals surface area contributed by atoms with Crippen LogP contribution in [0.5, 0.6) is 11.5 Å².